The van der Waals surface area contributed by atoms with E-state index in [0.29, 0.717) is 11.3 Å². The lowest BCUT2D eigenvalue weighted by molar-refractivity contribution is -0.138. The second-order valence-electron chi connectivity index (χ2n) is 3.16. The molecule has 0 saturated carbocycles. The van der Waals surface area contributed by atoms with Crippen LogP contribution >= 0.6 is 0 Å². The smallest absolute Gasteiger partial charge is 0.325 e. The number of benzene rings is 1. The molecule has 4 nitrogen and oxygen atoms in total. The summed E-state index contributed by atoms with van der Waals surface area (Å²) in [6, 6.07) is 1.05. The van der Waals surface area contributed by atoms with E-state index in [9.17, 15) is 9.18 Å². The molecule has 1 aromatic rings. The summed E-state index contributed by atoms with van der Waals surface area (Å²) in [5.41, 5.74) is 6.06. The van der Waals surface area contributed by atoms with Crippen LogP contribution in [0.25, 0.3) is 0 Å². The van der Waals surface area contributed by atoms with Crippen molar-refractivity contribution < 1.29 is 19.0 Å². The number of aryl methyl sites for hydroxylation is 1. The van der Waals surface area contributed by atoms with E-state index < -0.39 is 17.8 Å². The molecule has 0 amide bonds. The number of methoxy groups -OCH3 is 1. The minimum absolute atomic E-state index is 0.141. The second kappa shape index (κ2) is 4.27. The van der Waals surface area contributed by atoms with Gasteiger partial charge >= 0.3 is 5.97 Å². The average Bonchev–Trinajstić information content (AvgIpc) is 2.15. The van der Waals surface area contributed by atoms with Gasteiger partial charge in [-0.1, -0.05) is 0 Å². The van der Waals surface area contributed by atoms with Gasteiger partial charge in [0.15, 0.2) is 0 Å². The Balaban J connectivity index is 3.32. The highest BCUT2D eigenvalue weighted by atomic mass is 19.1. The van der Waals surface area contributed by atoms with E-state index in [4.69, 9.17) is 15.6 Å². The minimum Gasteiger partial charge on any atom is -0.496 e. The van der Waals surface area contributed by atoms with Gasteiger partial charge in [0.25, 0.3) is 0 Å². The van der Waals surface area contributed by atoms with Gasteiger partial charge in [0.1, 0.15) is 17.6 Å². The van der Waals surface area contributed by atoms with Crippen molar-refractivity contribution in [3.05, 3.63) is 29.1 Å². The van der Waals surface area contributed by atoms with E-state index in [2.05, 4.69) is 0 Å². The van der Waals surface area contributed by atoms with Gasteiger partial charge < -0.3 is 15.6 Å². The molecule has 1 rings (SSSR count). The Bertz CT molecular complexity index is 392. The fraction of sp³-hybridized carbons (Fsp3) is 0.300. The van der Waals surface area contributed by atoms with Crippen molar-refractivity contribution in [2.45, 2.75) is 13.0 Å². The molecular formula is C10H12FNO3. The Hall–Kier alpha value is -1.62. The summed E-state index contributed by atoms with van der Waals surface area (Å²) in [6.07, 6.45) is 0. The molecule has 5 heteroatoms. The summed E-state index contributed by atoms with van der Waals surface area (Å²) < 4.78 is 18.1. The zero-order chi connectivity index (χ0) is 11.6. The topological polar surface area (TPSA) is 72.5 Å². The number of carboxylic acids is 1. The van der Waals surface area contributed by atoms with Crippen LogP contribution in [0.15, 0.2) is 12.1 Å². The van der Waals surface area contributed by atoms with Crippen LogP contribution in [-0.4, -0.2) is 18.2 Å². The maximum absolute atomic E-state index is 13.1. The molecule has 82 valence electrons. The third kappa shape index (κ3) is 2.24. The van der Waals surface area contributed by atoms with E-state index in [1.165, 1.54) is 13.2 Å². The number of carboxylic acid groups (broad SMARTS) is 1. The highest BCUT2D eigenvalue weighted by Crippen LogP contribution is 2.28. The molecule has 1 aromatic carbocycles. The van der Waals surface area contributed by atoms with Gasteiger partial charge in [-0.2, -0.15) is 0 Å². The van der Waals surface area contributed by atoms with E-state index in [1.54, 1.807) is 6.92 Å². The molecule has 0 aliphatic heterocycles. The molecule has 0 aromatic heterocycles. The Morgan fingerprint density at radius 1 is 1.60 bits per heavy atom. The average molecular weight is 213 g/mol. The molecule has 0 heterocycles. The summed E-state index contributed by atoms with van der Waals surface area (Å²) in [4.78, 5) is 10.7. The van der Waals surface area contributed by atoms with Gasteiger partial charge in [0.2, 0.25) is 0 Å². The lowest BCUT2D eigenvalue weighted by atomic mass is 10.0. The van der Waals surface area contributed by atoms with Crippen LogP contribution in [0.4, 0.5) is 4.39 Å². The monoisotopic (exact) mass is 213 g/mol. The molecular weight excluding hydrogens is 201 g/mol. The minimum atomic E-state index is -1.28. The SMILES string of the molecule is COc1c(C)cc(F)cc1C(N)C(=O)O. The number of carbonyl (C=O) groups is 1. The first-order valence-corrected chi connectivity index (χ1v) is 4.29. The summed E-state index contributed by atoms with van der Waals surface area (Å²) in [7, 11) is 1.39. The molecule has 0 aliphatic carbocycles. The van der Waals surface area contributed by atoms with Crippen LogP contribution in [0.1, 0.15) is 17.2 Å². The molecule has 0 radical (unpaired) electrons. The van der Waals surface area contributed by atoms with E-state index in [0.717, 1.165) is 6.07 Å². The van der Waals surface area contributed by atoms with E-state index in [-0.39, 0.29) is 5.56 Å². The first-order chi connectivity index (χ1) is 6.97. The Labute approximate surface area is 86.5 Å². The lowest BCUT2D eigenvalue weighted by Crippen LogP contribution is -2.21. The number of aliphatic carboxylic acids is 1. The summed E-state index contributed by atoms with van der Waals surface area (Å²) in [6.45, 7) is 1.62. The summed E-state index contributed by atoms with van der Waals surface area (Å²) in [5, 5.41) is 8.73. The maximum atomic E-state index is 13.1. The van der Waals surface area contributed by atoms with Crippen LogP contribution in [0.2, 0.25) is 0 Å². The Kier molecular flexibility index (Phi) is 3.26. The molecule has 0 spiro atoms. The molecule has 15 heavy (non-hydrogen) atoms. The highest BCUT2D eigenvalue weighted by Gasteiger charge is 2.21. The normalized spacial score (nSPS) is 12.3. The van der Waals surface area contributed by atoms with Crippen molar-refractivity contribution in [2.75, 3.05) is 7.11 Å². The molecule has 0 bridgehead atoms. The third-order valence-corrected chi connectivity index (χ3v) is 2.07. The number of nitrogens with two attached hydrogens (primary N) is 1. The first-order valence-electron chi connectivity index (χ1n) is 4.29. The van der Waals surface area contributed by atoms with Crippen molar-refractivity contribution in [2.24, 2.45) is 5.73 Å². The van der Waals surface area contributed by atoms with Crippen LogP contribution in [-0.2, 0) is 4.79 Å². The van der Waals surface area contributed by atoms with Gasteiger partial charge in [-0.25, -0.2) is 4.39 Å². The quantitative estimate of drug-likeness (QED) is 0.792. The van der Waals surface area contributed by atoms with Crippen LogP contribution in [0.5, 0.6) is 5.75 Å². The summed E-state index contributed by atoms with van der Waals surface area (Å²) >= 11 is 0. The predicted molar refractivity (Wildman–Crippen MR) is 52.3 cm³/mol. The first kappa shape index (κ1) is 11.5. The van der Waals surface area contributed by atoms with Crippen LogP contribution in [0.3, 0.4) is 0 Å². The maximum Gasteiger partial charge on any atom is 0.325 e. The predicted octanol–water partition coefficient (Wildman–Crippen LogP) is 1.23. The molecule has 3 N–H and O–H groups in total. The van der Waals surface area contributed by atoms with Crippen LogP contribution in [0, 0.1) is 12.7 Å². The Morgan fingerprint density at radius 3 is 2.67 bits per heavy atom. The van der Waals surface area contributed by atoms with Crippen LogP contribution < -0.4 is 10.5 Å². The van der Waals surface area contributed by atoms with Gasteiger partial charge in [-0.15, -0.1) is 0 Å². The molecule has 0 aliphatic rings. The number of hydrogen-bond donors (Lipinski definition) is 2. The number of ether oxygens (including phenoxy) is 1. The lowest BCUT2D eigenvalue weighted by Gasteiger charge is -2.14. The zero-order valence-corrected chi connectivity index (χ0v) is 8.45. The fourth-order valence-electron chi connectivity index (χ4n) is 1.40. The van der Waals surface area contributed by atoms with Gasteiger partial charge in [-0.3, -0.25) is 4.79 Å². The van der Waals surface area contributed by atoms with Crippen molar-refractivity contribution >= 4 is 5.97 Å². The van der Waals surface area contributed by atoms with E-state index >= 15 is 0 Å². The van der Waals surface area contributed by atoms with Crippen molar-refractivity contribution in [1.29, 1.82) is 0 Å². The number of hydrogen-bond acceptors (Lipinski definition) is 3. The summed E-state index contributed by atoms with van der Waals surface area (Å²) in [5.74, 6) is -1.44. The van der Waals surface area contributed by atoms with Gasteiger partial charge in [-0.05, 0) is 24.6 Å². The zero-order valence-electron chi connectivity index (χ0n) is 8.45. The fourth-order valence-corrected chi connectivity index (χ4v) is 1.40. The van der Waals surface area contributed by atoms with Crippen molar-refractivity contribution in [3.8, 4) is 5.75 Å². The standard InChI is InChI=1S/C10H12FNO3/c1-5-3-6(11)4-7(9(5)15-2)8(12)10(13)14/h3-4,8H,12H2,1-2H3,(H,13,14). The van der Waals surface area contributed by atoms with Gasteiger partial charge in [0.05, 0.1) is 7.11 Å². The number of halogens is 1. The molecule has 0 fully saturated rings. The van der Waals surface area contributed by atoms with Gasteiger partial charge in [0, 0.05) is 5.56 Å². The van der Waals surface area contributed by atoms with Crippen molar-refractivity contribution in [3.63, 3.8) is 0 Å². The number of rotatable bonds is 3. The third-order valence-electron chi connectivity index (χ3n) is 2.07. The second-order valence-corrected chi connectivity index (χ2v) is 3.16. The Morgan fingerprint density at radius 2 is 2.20 bits per heavy atom. The highest BCUT2D eigenvalue weighted by molar-refractivity contribution is 5.76. The molecule has 1 atom stereocenters. The van der Waals surface area contributed by atoms with E-state index in [1.807, 2.05) is 0 Å². The largest absolute Gasteiger partial charge is 0.496 e. The molecule has 1 unspecified atom stereocenters. The van der Waals surface area contributed by atoms with Crippen molar-refractivity contribution in [1.82, 2.24) is 0 Å². The molecule has 0 saturated heterocycles.